The number of anilines is 1. The fraction of sp³-hybridized carbons (Fsp3) is 0.350. The van der Waals surface area contributed by atoms with Gasteiger partial charge in [-0.2, -0.15) is 9.40 Å². The van der Waals surface area contributed by atoms with Crippen LogP contribution in [0.3, 0.4) is 0 Å². The summed E-state index contributed by atoms with van der Waals surface area (Å²) in [7, 11) is -1.75. The van der Waals surface area contributed by atoms with Gasteiger partial charge in [0, 0.05) is 30.0 Å². The highest BCUT2D eigenvalue weighted by atomic mass is 32.2. The van der Waals surface area contributed by atoms with Crippen molar-refractivity contribution in [1.82, 2.24) is 19.5 Å². The number of rotatable bonds is 6. The molecule has 1 aromatic carbocycles. The summed E-state index contributed by atoms with van der Waals surface area (Å²) < 4.78 is 31.7. The molecule has 0 fully saturated rings. The standard InChI is InChI=1S/C20H23N5O4S2/c1-12(2)31(27,28)25-9-8-14-18(11-25)30-20(21-14)22-19(26)16-10-15(23-24-16)13-6-4-5-7-17(13)29-3/h4-7,10,12H,8-9,11H2,1-3H3,(H,23,24)(H,21,22,26). The molecular weight excluding hydrogens is 438 g/mol. The molecule has 0 radical (unpaired) electrons. The number of thiazole rings is 1. The van der Waals surface area contributed by atoms with Crippen molar-refractivity contribution in [2.75, 3.05) is 19.0 Å². The summed E-state index contributed by atoms with van der Waals surface area (Å²) in [6, 6.07) is 9.07. The molecule has 0 spiro atoms. The molecule has 31 heavy (non-hydrogen) atoms. The van der Waals surface area contributed by atoms with Crippen LogP contribution in [-0.4, -0.2) is 52.7 Å². The molecule has 0 unspecified atom stereocenters. The van der Waals surface area contributed by atoms with Crippen molar-refractivity contribution in [2.45, 2.75) is 32.1 Å². The SMILES string of the molecule is COc1ccccc1-c1cc(C(=O)Nc2nc3c(s2)CN(S(=O)(=O)C(C)C)CC3)[nH]n1. The fourth-order valence-corrected chi connectivity index (χ4v) is 5.69. The Morgan fingerprint density at radius 3 is 2.84 bits per heavy atom. The van der Waals surface area contributed by atoms with Crippen LogP contribution in [0.4, 0.5) is 5.13 Å². The molecule has 0 saturated heterocycles. The molecule has 3 heterocycles. The lowest BCUT2D eigenvalue weighted by molar-refractivity contribution is 0.102. The molecule has 0 aliphatic carbocycles. The maximum atomic E-state index is 12.7. The normalized spacial score (nSPS) is 14.5. The number of nitrogens with zero attached hydrogens (tertiary/aromatic N) is 3. The van der Waals surface area contributed by atoms with E-state index >= 15 is 0 Å². The molecule has 1 amide bonds. The lowest BCUT2D eigenvalue weighted by atomic mass is 10.1. The monoisotopic (exact) mass is 461 g/mol. The van der Waals surface area contributed by atoms with E-state index in [0.29, 0.717) is 29.5 Å². The van der Waals surface area contributed by atoms with Crippen molar-refractivity contribution >= 4 is 32.4 Å². The van der Waals surface area contributed by atoms with Crippen LogP contribution in [0.15, 0.2) is 30.3 Å². The average molecular weight is 462 g/mol. The van der Waals surface area contributed by atoms with E-state index in [1.807, 2.05) is 24.3 Å². The minimum absolute atomic E-state index is 0.283. The van der Waals surface area contributed by atoms with Crippen LogP contribution in [0.2, 0.25) is 0 Å². The van der Waals surface area contributed by atoms with E-state index in [1.54, 1.807) is 27.0 Å². The van der Waals surface area contributed by atoms with Gasteiger partial charge in [-0.1, -0.05) is 12.1 Å². The first-order valence-electron chi connectivity index (χ1n) is 9.77. The molecule has 164 valence electrons. The summed E-state index contributed by atoms with van der Waals surface area (Å²) in [5, 5.41) is 9.72. The number of aromatic nitrogens is 3. The van der Waals surface area contributed by atoms with E-state index in [4.69, 9.17) is 4.74 Å². The third-order valence-electron chi connectivity index (χ3n) is 5.08. The van der Waals surface area contributed by atoms with Crippen LogP contribution in [-0.2, 0) is 23.0 Å². The van der Waals surface area contributed by atoms with Crippen LogP contribution >= 0.6 is 11.3 Å². The van der Waals surface area contributed by atoms with Gasteiger partial charge in [0.2, 0.25) is 10.0 Å². The lowest BCUT2D eigenvalue weighted by Gasteiger charge is -2.26. The summed E-state index contributed by atoms with van der Waals surface area (Å²) in [6.07, 6.45) is 0.523. The number of para-hydroxylation sites is 1. The molecule has 9 nitrogen and oxygen atoms in total. The number of fused-ring (bicyclic) bond motifs is 1. The van der Waals surface area contributed by atoms with Gasteiger partial charge >= 0.3 is 0 Å². The van der Waals surface area contributed by atoms with E-state index in [-0.39, 0.29) is 18.1 Å². The number of carbonyl (C=O) groups excluding carboxylic acids is 1. The molecule has 0 bridgehead atoms. The first kappa shape index (κ1) is 21.5. The molecule has 2 N–H and O–H groups in total. The summed E-state index contributed by atoms with van der Waals surface area (Å²) in [5.41, 5.74) is 2.49. The van der Waals surface area contributed by atoms with Crippen molar-refractivity contribution in [2.24, 2.45) is 0 Å². The Morgan fingerprint density at radius 1 is 1.32 bits per heavy atom. The van der Waals surface area contributed by atoms with E-state index in [1.165, 1.54) is 15.6 Å². The highest BCUT2D eigenvalue weighted by Crippen LogP contribution is 2.31. The minimum Gasteiger partial charge on any atom is -0.496 e. The molecular formula is C20H23N5O4S2. The number of sulfonamides is 1. The average Bonchev–Trinajstić information content (AvgIpc) is 3.39. The van der Waals surface area contributed by atoms with E-state index in [2.05, 4.69) is 20.5 Å². The number of nitrogens with one attached hydrogen (secondary N) is 2. The Balaban J connectivity index is 1.49. The van der Waals surface area contributed by atoms with Crippen molar-refractivity contribution in [3.05, 3.63) is 46.6 Å². The molecule has 0 saturated carbocycles. The van der Waals surface area contributed by atoms with Gasteiger partial charge < -0.3 is 4.74 Å². The van der Waals surface area contributed by atoms with Crippen molar-refractivity contribution in [3.63, 3.8) is 0 Å². The van der Waals surface area contributed by atoms with Gasteiger partial charge in [0.15, 0.2) is 5.13 Å². The number of hydrogen-bond acceptors (Lipinski definition) is 7. The van der Waals surface area contributed by atoms with Crippen molar-refractivity contribution in [3.8, 4) is 17.0 Å². The maximum Gasteiger partial charge on any atom is 0.275 e. The zero-order valence-corrected chi connectivity index (χ0v) is 19.0. The van der Waals surface area contributed by atoms with Gasteiger partial charge in [-0.15, -0.1) is 11.3 Å². The Morgan fingerprint density at radius 2 is 2.10 bits per heavy atom. The molecule has 1 aliphatic heterocycles. The predicted octanol–water partition coefficient (Wildman–Crippen LogP) is 2.89. The third-order valence-corrected chi connectivity index (χ3v) is 8.30. The van der Waals surface area contributed by atoms with Gasteiger partial charge in [-0.3, -0.25) is 15.2 Å². The second kappa shape index (κ2) is 8.40. The number of ether oxygens (including phenoxy) is 1. The second-order valence-electron chi connectivity index (χ2n) is 7.39. The molecule has 4 rings (SSSR count). The topological polar surface area (TPSA) is 117 Å². The highest BCUT2D eigenvalue weighted by Gasteiger charge is 2.31. The summed E-state index contributed by atoms with van der Waals surface area (Å²) >= 11 is 1.30. The second-order valence-corrected chi connectivity index (χ2v) is 11.0. The van der Waals surface area contributed by atoms with Crippen LogP contribution in [0, 0.1) is 0 Å². The summed E-state index contributed by atoms with van der Waals surface area (Å²) in [4.78, 5) is 18.0. The van der Waals surface area contributed by atoms with Crippen LogP contribution in [0.25, 0.3) is 11.3 Å². The van der Waals surface area contributed by atoms with Crippen molar-refractivity contribution in [1.29, 1.82) is 0 Å². The number of hydrogen-bond donors (Lipinski definition) is 2. The Hall–Kier alpha value is -2.76. The highest BCUT2D eigenvalue weighted by molar-refractivity contribution is 7.89. The largest absolute Gasteiger partial charge is 0.496 e. The van der Waals surface area contributed by atoms with E-state index in [0.717, 1.165) is 16.1 Å². The summed E-state index contributed by atoms with van der Waals surface area (Å²) in [5.74, 6) is 0.292. The smallest absolute Gasteiger partial charge is 0.275 e. The maximum absolute atomic E-state index is 12.7. The van der Waals surface area contributed by atoms with Gasteiger partial charge in [-0.05, 0) is 32.0 Å². The minimum atomic E-state index is -3.33. The zero-order valence-electron chi connectivity index (χ0n) is 17.4. The third kappa shape index (κ3) is 4.21. The Bertz CT molecular complexity index is 1220. The quantitative estimate of drug-likeness (QED) is 0.583. The number of methoxy groups -OCH3 is 1. The molecule has 11 heteroatoms. The van der Waals surface area contributed by atoms with E-state index < -0.39 is 15.3 Å². The predicted molar refractivity (Wildman–Crippen MR) is 119 cm³/mol. The summed E-state index contributed by atoms with van der Waals surface area (Å²) in [6.45, 7) is 4.03. The molecule has 0 atom stereocenters. The fourth-order valence-electron chi connectivity index (χ4n) is 3.34. The van der Waals surface area contributed by atoms with Crippen LogP contribution in [0.5, 0.6) is 5.75 Å². The van der Waals surface area contributed by atoms with Gasteiger partial charge in [0.1, 0.15) is 11.4 Å². The Kier molecular flexibility index (Phi) is 5.82. The van der Waals surface area contributed by atoms with E-state index in [9.17, 15) is 13.2 Å². The van der Waals surface area contributed by atoms with Crippen LogP contribution in [0.1, 0.15) is 34.9 Å². The first-order chi connectivity index (χ1) is 14.8. The zero-order chi connectivity index (χ0) is 22.2. The molecule has 1 aliphatic rings. The number of benzene rings is 1. The van der Waals surface area contributed by atoms with Gasteiger partial charge in [0.25, 0.3) is 5.91 Å². The Labute approximate surface area is 184 Å². The molecule has 2 aromatic heterocycles. The van der Waals surface area contributed by atoms with Gasteiger partial charge in [-0.25, -0.2) is 13.4 Å². The number of carbonyl (C=O) groups is 1. The van der Waals surface area contributed by atoms with Crippen molar-refractivity contribution < 1.29 is 17.9 Å². The first-order valence-corrected chi connectivity index (χ1v) is 12.1. The lowest BCUT2D eigenvalue weighted by Crippen LogP contribution is -2.39. The number of aromatic amines is 1. The van der Waals surface area contributed by atoms with Crippen LogP contribution < -0.4 is 10.1 Å². The number of H-pyrrole nitrogens is 1. The number of amides is 1. The van der Waals surface area contributed by atoms with Gasteiger partial charge in [0.05, 0.1) is 23.7 Å². The molecule has 3 aromatic rings.